The third-order valence-electron chi connectivity index (χ3n) is 3.80. The first-order valence-electron chi connectivity index (χ1n) is 8.28. The van der Waals surface area contributed by atoms with Gasteiger partial charge in [-0.05, 0) is 44.0 Å². The highest BCUT2D eigenvalue weighted by Crippen LogP contribution is 2.28. The average molecular weight is 336 g/mol. The SMILES string of the molecule is CC(C)COC(=O)c1ccc(OCCN2CCCC2)c([N+](=O)[O-])c1. The number of likely N-dealkylation sites (tertiary alicyclic amines) is 1. The van der Waals surface area contributed by atoms with Crippen LogP contribution < -0.4 is 4.74 Å². The third-order valence-corrected chi connectivity index (χ3v) is 3.80. The summed E-state index contributed by atoms with van der Waals surface area (Å²) in [6.45, 7) is 7.35. The fourth-order valence-electron chi connectivity index (χ4n) is 2.53. The minimum atomic E-state index is -0.560. The monoisotopic (exact) mass is 336 g/mol. The highest BCUT2D eigenvalue weighted by atomic mass is 16.6. The van der Waals surface area contributed by atoms with Crippen molar-refractivity contribution in [2.75, 3.05) is 32.8 Å². The lowest BCUT2D eigenvalue weighted by atomic mass is 10.2. The standard InChI is InChI=1S/C17H24N2O5/c1-13(2)12-24-17(20)14-5-6-16(15(11-14)19(21)22)23-10-9-18-7-3-4-8-18/h5-6,11,13H,3-4,7-10,12H2,1-2H3. The van der Waals surface area contributed by atoms with E-state index in [0.717, 1.165) is 19.6 Å². The number of ether oxygens (including phenoxy) is 2. The van der Waals surface area contributed by atoms with E-state index in [9.17, 15) is 14.9 Å². The normalized spacial score (nSPS) is 14.8. The van der Waals surface area contributed by atoms with Gasteiger partial charge in [-0.25, -0.2) is 4.79 Å². The van der Waals surface area contributed by atoms with Gasteiger partial charge in [0.1, 0.15) is 6.61 Å². The van der Waals surface area contributed by atoms with Crippen molar-refractivity contribution in [1.82, 2.24) is 4.90 Å². The number of esters is 1. The van der Waals surface area contributed by atoms with Crippen molar-refractivity contribution in [1.29, 1.82) is 0 Å². The molecule has 1 fully saturated rings. The van der Waals surface area contributed by atoms with Crippen LogP contribution in [0.2, 0.25) is 0 Å². The molecule has 1 saturated heterocycles. The smallest absolute Gasteiger partial charge is 0.338 e. The maximum atomic E-state index is 11.9. The van der Waals surface area contributed by atoms with Gasteiger partial charge in [-0.1, -0.05) is 13.8 Å². The van der Waals surface area contributed by atoms with Crippen molar-refractivity contribution in [2.45, 2.75) is 26.7 Å². The predicted octanol–water partition coefficient (Wildman–Crippen LogP) is 2.88. The van der Waals surface area contributed by atoms with E-state index >= 15 is 0 Å². The van der Waals surface area contributed by atoms with E-state index in [1.54, 1.807) is 0 Å². The molecule has 1 aliphatic rings. The van der Waals surface area contributed by atoms with Crippen LogP contribution in [0, 0.1) is 16.0 Å². The fourth-order valence-corrected chi connectivity index (χ4v) is 2.53. The molecule has 1 aromatic carbocycles. The summed E-state index contributed by atoms with van der Waals surface area (Å²) in [6, 6.07) is 4.18. The van der Waals surface area contributed by atoms with Gasteiger partial charge in [-0.15, -0.1) is 0 Å². The molecular weight excluding hydrogens is 312 g/mol. The number of hydrogen-bond acceptors (Lipinski definition) is 6. The molecule has 0 aromatic heterocycles. The molecule has 7 heteroatoms. The molecule has 0 atom stereocenters. The van der Waals surface area contributed by atoms with E-state index in [2.05, 4.69) is 4.90 Å². The Labute approximate surface area is 141 Å². The quantitative estimate of drug-likeness (QED) is 0.412. The van der Waals surface area contributed by atoms with Crippen molar-refractivity contribution >= 4 is 11.7 Å². The Hall–Kier alpha value is -2.15. The van der Waals surface area contributed by atoms with Gasteiger partial charge >= 0.3 is 11.7 Å². The molecule has 0 aliphatic carbocycles. The number of nitrogens with zero attached hydrogens (tertiary/aromatic N) is 2. The van der Waals surface area contributed by atoms with Gasteiger partial charge in [0.15, 0.2) is 5.75 Å². The highest BCUT2D eigenvalue weighted by molar-refractivity contribution is 5.90. The van der Waals surface area contributed by atoms with Gasteiger partial charge in [-0.3, -0.25) is 15.0 Å². The van der Waals surface area contributed by atoms with Crippen LogP contribution in [0.4, 0.5) is 5.69 Å². The van der Waals surface area contributed by atoms with Crippen LogP contribution in [0.5, 0.6) is 5.75 Å². The van der Waals surface area contributed by atoms with Gasteiger partial charge in [0.2, 0.25) is 0 Å². The molecule has 1 aliphatic heterocycles. The largest absolute Gasteiger partial charge is 0.485 e. The van der Waals surface area contributed by atoms with Crippen LogP contribution in [-0.4, -0.2) is 48.6 Å². The minimum Gasteiger partial charge on any atom is -0.485 e. The summed E-state index contributed by atoms with van der Waals surface area (Å²) < 4.78 is 10.7. The molecule has 0 amide bonds. The Kier molecular flexibility index (Phi) is 6.54. The van der Waals surface area contributed by atoms with Crippen LogP contribution >= 0.6 is 0 Å². The number of rotatable bonds is 8. The zero-order chi connectivity index (χ0) is 17.5. The van der Waals surface area contributed by atoms with Gasteiger partial charge < -0.3 is 9.47 Å². The van der Waals surface area contributed by atoms with E-state index in [4.69, 9.17) is 9.47 Å². The molecule has 0 unspecified atom stereocenters. The molecule has 132 valence electrons. The highest BCUT2D eigenvalue weighted by Gasteiger charge is 2.20. The van der Waals surface area contributed by atoms with Crippen LogP contribution in [0.1, 0.15) is 37.0 Å². The number of hydrogen-bond donors (Lipinski definition) is 0. The Morgan fingerprint density at radius 2 is 2.04 bits per heavy atom. The van der Waals surface area contributed by atoms with Crippen molar-refractivity contribution in [2.24, 2.45) is 5.92 Å². The first-order valence-corrected chi connectivity index (χ1v) is 8.28. The van der Waals surface area contributed by atoms with Gasteiger partial charge in [0.05, 0.1) is 17.1 Å². The fraction of sp³-hybridized carbons (Fsp3) is 0.588. The second-order valence-corrected chi connectivity index (χ2v) is 6.33. The number of nitro groups is 1. The Morgan fingerprint density at radius 3 is 2.67 bits per heavy atom. The summed E-state index contributed by atoms with van der Waals surface area (Å²) in [4.78, 5) is 24.9. The Morgan fingerprint density at radius 1 is 1.33 bits per heavy atom. The maximum Gasteiger partial charge on any atom is 0.338 e. The van der Waals surface area contributed by atoms with E-state index in [-0.39, 0.29) is 29.5 Å². The van der Waals surface area contributed by atoms with E-state index in [0.29, 0.717) is 6.61 Å². The number of carbonyl (C=O) groups is 1. The van der Waals surface area contributed by atoms with E-state index < -0.39 is 10.9 Å². The minimum absolute atomic E-state index is 0.161. The summed E-state index contributed by atoms with van der Waals surface area (Å²) in [5.41, 5.74) is -0.0512. The van der Waals surface area contributed by atoms with Crippen LogP contribution in [0.15, 0.2) is 18.2 Å². The summed E-state index contributed by atoms with van der Waals surface area (Å²) >= 11 is 0. The molecule has 2 rings (SSSR count). The number of nitro benzene ring substituents is 1. The van der Waals surface area contributed by atoms with Crippen molar-refractivity contribution in [3.05, 3.63) is 33.9 Å². The molecule has 0 bridgehead atoms. The predicted molar refractivity (Wildman–Crippen MR) is 89.4 cm³/mol. The average Bonchev–Trinajstić information content (AvgIpc) is 3.06. The molecule has 0 N–H and O–H groups in total. The van der Waals surface area contributed by atoms with Gasteiger partial charge in [-0.2, -0.15) is 0 Å². The lowest BCUT2D eigenvalue weighted by Gasteiger charge is -2.15. The first kappa shape index (κ1) is 18.2. The van der Waals surface area contributed by atoms with Crippen LogP contribution in [0.3, 0.4) is 0 Å². The lowest BCUT2D eigenvalue weighted by Crippen LogP contribution is -2.25. The topological polar surface area (TPSA) is 81.9 Å². The zero-order valence-electron chi connectivity index (χ0n) is 14.2. The van der Waals surface area contributed by atoms with Gasteiger partial charge in [0, 0.05) is 12.6 Å². The molecule has 1 heterocycles. The molecule has 7 nitrogen and oxygen atoms in total. The zero-order valence-corrected chi connectivity index (χ0v) is 14.2. The van der Waals surface area contributed by atoms with Crippen molar-refractivity contribution < 1.29 is 19.2 Å². The molecule has 0 radical (unpaired) electrons. The van der Waals surface area contributed by atoms with E-state index in [1.807, 2.05) is 13.8 Å². The second kappa shape index (κ2) is 8.63. The summed E-state index contributed by atoms with van der Waals surface area (Å²) in [7, 11) is 0. The summed E-state index contributed by atoms with van der Waals surface area (Å²) in [5, 5.41) is 11.2. The van der Waals surface area contributed by atoms with Crippen molar-refractivity contribution in [3.8, 4) is 5.75 Å². The van der Waals surface area contributed by atoms with Crippen LogP contribution in [-0.2, 0) is 4.74 Å². The number of benzene rings is 1. The van der Waals surface area contributed by atoms with Gasteiger partial charge in [0.25, 0.3) is 0 Å². The lowest BCUT2D eigenvalue weighted by molar-refractivity contribution is -0.385. The molecule has 0 spiro atoms. The first-order chi connectivity index (χ1) is 11.5. The Balaban J connectivity index is 2.00. The summed E-state index contributed by atoms with van der Waals surface area (Å²) in [6.07, 6.45) is 2.38. The molecule has 1 aromatic rings. The van der Waals surface area contributed by atoms with Crippen LogP contribution in [0.25, 0.3) is 0 Å². The molecule has 0 saturated carbocycles. The third kappa shape index (κ3) is 5.19. The second-order valence-electron chi connectivity index (χ2n) is 6.33. The van der Waals surface area contributed by atoms with E-state index in [1.165, 1.54) is 31.0 Å². The molecular formula is C17H24N2O5. The number of carbonyl (C=O) groups excluding carboxylic acids is 1. The maximum absolute atomic E-state index is 11.9. The van der Waals surface area contributed by atoms with Crippen molar-refractivity contribution in [3.63, 3.8) is 0 Å². The molecule has 24 heavy (non-hydrogen) atoms. The summed E-state index contributed by atoms with van der Waals surface area (Å²) in [5.74, 6) is -0.174. The Bertz CT molecular complexity index is 582.